The standard InChI is InChI=1S/C8H13N3O/c12-8-10-1-2-11(8)7-5-3-9-4-6(5)7/h5-7,9H,1-4H2,(H,10,12). The van der Waals surface area contributed by atoms with Gasteiger partial charge >= 0.3 is 6.03 Å². The number of hydrogen-bond donors (Lipinski definition) is 2. The molecule has 3 fully saturated rings. The molecular weight excluding hydrogens is 154 g/mol. The smallest absolute Gasteiger partial charge is 0.317 e. The normalized spacial score (nSPS) is 44.5. The summed E-state index contributed by atoms with van der Waals surface area (Å²) in [6.07, 6.45) is 0. The van der Waals surface area contributed by atoms with Crippen LogP contribution in [0.1, 0.15) is 0 Å². The summed E-state index contributed by atoms with van der Waals surface area (Å²) in [5, 5.41) is 6.18. The maximum Gasteiger partial charge on any atom is 0.317 e. The van der Waals surface area contributed by atoms with E-state index in [1.54, 1.807) is 0 Å². The predicted octanol–water partition coefficient (Wildman–Crippen LogP) is -0.771. The second-order valence-corrected chi connectivity index (χ2v) is 3.90. The molecule has 0 aromatic heterocycles. The summed E-state index contributed by atoms with van der Waals surface area (Å²) in [5.41, 5.74) is 0. The molecule has 66 valence electrons. The van der Waals surface area contributed by atoms with Gasteiger partial charge in [-0.25, -0.2) is 4.79 Å². The van der Waals surface area contributed by atoms with E-state index in [0.29, 0.717) is 6.04 Å². The molecule has 4 heteroatoms. The fourth-order valence-corrected chi connectivity index (χ4v) is 2.62. The molecule has 0 spiro atoms. The van der Waals surface area contributed by atoms with Gasteiger partial charge in [-0.2, -0.15) is 0 Å². The molecule has 1 aliphatic carbocycles. The number of amides is 2. The highest BCUT2D eigenvalue weighted by Crippen LogP contribution is 2.45. The van der Waals surface area contributed by atoms with Crippen molar-refractivity contribution in [1.29, 1.82) is 0 Å². The van der Waals surface area contributed by atoms with E-state index in [1.165, 1.54) is 0 Å². The molecule has 2 unspecified atom stereocenters. The molecule has 2 saturated heterocycles. The summed E-state index contributed by atoms with van der Waals surface area (Å²) in [4.78, 5) is 13.3. The van der Waals surface area contributed by atoms with Gasteiger partial charge in [-0.05, 0) is 11.8 Å². The average Bonchev–Trinajstić information content (AvgIpc) is 2.56. The summed E-state index contributed by atoms with van der Waals surface area (Å²) in [6.45, 7) is 3.97. The van der Waals surface area contributed by atoms with Gasteiger partial charge in [0.05, 0.1) is 0 Å². The zero-order valence-corrected chi connectivity index (χ0v) is 6.92. The maximum atomic E-state index is 11.3. The molecule has 2 atom stereocenters. The van der Waals surface area contributed by atoms with Gasteiger partial charge in [0.15, 0.2) is 0 Å². The zero-order chi connectivity index (χ0) is 8.13. The van der Waals surface area contributed by atoms with Crippen LogP contribution in [0.3, 0.4) is 0 Å². The van der Waals surface area contributed by atoms with Crippen molar-refractivity contribution >= 4 is 6.03 Å². The van der Waals surface area contributed by atoms with Gasteiger partial charge in [0.2, 0.25) is 0 Å². The van der Waals surface area contributed by atoms with Gasteiger partial charge in [0, 0.05) is 32.2 Å². The van der Waals surface area contributed by atoms with Crippen LogP contribution in [0.25, 0.3) is 0 Å². The third-order valence-corrected chi connectivity index (χ3v) is 3.30. The summed E-state index contributed by atoms with van der Waals surface area (Å²) >= 11 is 0. The third-order valence-electron chi connectivity index (χ3n) is 3.30. The van der Waals surface area contributed by atoms with E-state index >= 15 is 0 Å². The second-order valence-electron chi connectivity index (χ2n) is 3.90. The number of carbonyl (C=O) groups excluding carboxylic acids is 1. The Bertz CT molecular complexity index is 220. The first-order valence-electron chi connectivity index (χ1n) is 4.63. The van der Waals surface area contributed by atoms with Crippen molar-refractivity contribution in [1.82, 2.24) is 15.5 Å². The van der Waals surface area contributed by atoms with Crippen molar-refractivity contribution in [3.05, 3.63) is 0 Å². The van der Waals surface area contributed by atoms with Crippen LogP contribution < -0.4 is 10.6 Å². The van der Waals surface area contributed by atoms with Crippen molar-refractivity contribution in [2.24, 2.45) is 11.8 Å². The Morgan fingerprint density at radius 2 is 2.08 bits per heavy atom. The van der Waals surface area contributed by atoms with Crippen LogP contribution in [-0.4, -0.2) is 43.2 Å². The Morgan fingerprint density at radius 3 is 2.67 bits per heavy atom. The Balaban J connectivity index is 1.71. The van der Waals surface area contributed by atoms with Gasteiger partial charge in [-0.1, -0.05) is 0 Å². The topological polar surface area (TPSA) is 44.4 Å². The van der Waals surface area contributed by atoms with Gasteiger partial charge in [0.1, 0.15) is 0 Å². The van der Waals surface area contributed by atoms with Gasteiger partial charge in [-0.15, -0.1) is 0 Å². The molecule has 0 aromatic rings. The van der Waals surface area contributed by atoms with Gasteiger partial charge in [0.25, 0.3) is 0 Å². The number of carbonyl (C=O) groups is 1. The number of hydrogen-bond acceptors (Lipinski definition) is 2. The van der Waals surface area contributed by atoms with Crippen molar-refractivity contribution < 1.29 is 4.79 Å². The van der Waals surface area contributed by atoms with Crippen LogP contribution in [0, 0.1) is 11.8 Å². The molecule has 2 N–H and O–H groups in total. The fourth-order valence-electron chi connectivity index (χ4n) is 2.62. The highest BCUT2D eigenvalue weighted by Gasteiger charge is 2.57. The minimum atomic E-state index is 0.148. The van der Waals surface area contributed by atoms with E-state index in [-0.39, 0.29) is 6.03 Å². The monoisotopic (exact) mass is 167 g/mol. The van der Waals surface area contributed by atoms with E-state index in [1.807, 2.05) is 4.90 Å². The minimum Gasteiger partial charge on any atom is -0.336 e. The number of rotatable bonds is 1. The first-order chi connectivity index (χ1) is 5.88. The van der Waals surface area contributed by atoms with Crippen LogP contribution in [0.5, 0.6) is 0 Å². The van der Waals surface area contributed by atoms with Crippen LogP contribution in [0.4, 0.5) is 4.79 Å². The van der Waals surface area contributed by atoms with Gasteiger partial charge < -0.3 is 15.5 Å². The minimum absolute atomic E-state index is 0.148. The number of nitrogens with one attached hydrogen (secondary N) is 2. The molecule has 1 saturated carbocycles. The molecule has 0 aromatic carbocycles. The quantitative estimate of drug-likeness (QED) is 0.538. The lowest BCUT2D eigenvalue weighted by Gasteiger charge is -2.16. The third kappa shape index (κ3) is 0.732. The summed E-state index contributed by atoms with van der Waals surface area (Å²) < 4.78 is 0. The van der Waals surface area contributed by atoms with Crippen molar-refractivity contribution in [3.8, 4) is 0 Å². The molecule has 3 rings (SSSR count). The van der Waals surface area contributed by atoms with E-state index in [2.05, 4.69) is 10.6 Å². The number of urea groups is 1. The SMILES string of the molecule is O=C1NCCN1C1C2CNCC21. The Labute approximate surface area is 71.3 Å². The van der Waals surface area contributed by atoms with Crippen LogP contribution in [0.2, 0.25) is 0 Å². The lowest BCUT2D eigenvalue weighted by atomic mass is 10.4. The summed E-state index contributed by atoms with van der Waals surface area (Å²) in [5.74, 6) is 1.52. The number of piperidine rings is 1. The predicted molar refractivity (Wildman–Crippen MR) is 43.7 cm³/mol. The van der Waals surface area contributed by atoms with E-state index < -0.39 is 0 Å². The first kappa shape index (κ1) is 6.71. The number of nitrogens with zero attached hydrogens (tertiary/aromatic N) is 1. The summed E-state index contributed by atoms with van der Waals surface area (Å²) in [7, 11) is 0. The molecule has 3 aliphatic rings. The van der Waals surface area contributed by atoms with Crippen molar-refractivity contribution in [2.45, 2.75) is 6.04 Å². The Kier molecular flexibility index (Phi) is 1.19. The highest BCUT2D eigenvalue weighted by atomic mass is 16.2. The Morgan fingerprint density at radius 1 is 1.33 bits per heavy atom. The van der Waals surface area contributed by atoms with Gasteiger partial charge in [-0.3, -0.25) is 0 Å². The highest BCUT2D eigenvalue weighted by molar-refractivity contribution is 5.77. The van der Waals surface area contributed by atoms with Crippen LogP contribution >= 0.6 is 0 Å². The van der Waals surface area contributed by atoms with Crippen molar-refractivity contribution in [2.75, 3.05) is 26.2 Å². The molecule has 2 heterocycles. The average molecular weight is 167 g/mol. The van der Waals surface area contributed by atoms with E-state index in [4.69, 9.17) is 0 Å². The second kappa shape index (κ2) is 2.13. The molecule has 12 heavy (non-hydrogen) atoms. The van der Waals surface area contributed by atoms with Crippen molar-refractivity contribution in [3.63, 3.8) is 0 Å². The Hall–Kier alpha value is -0.770. The first-order valence-corrected chi connectivity index (χ1v) is 4.63. The molecule has 0 bridgehead atoms. The van der Waals surface area contributed by atoms with E-state index in [9.17, 15) is 4.79 Å². The molecule has 0 radical (unpaired) electrons. The number of fused-ring (bicyclic) bond motifs is 1. The maximum absolute atomic E-state index is 11.3. The lowest BCUT2D eigenvalue weighted by Crippen LogP contribution is -2.35. The van der Waals surface area contributed by atoms with Crippen LogP contribution in [-0.2, 0) is 0 Å². The molecular formula is C8H13N3O. The van der Waals surface area contributed by atoms with Crippen LogP contribution in [0.15, 0.2) is 0 Å². The largest absolute Gasteiger partial charge is 0.336 e. The zero-order valence-electron chi connectivity index (χ0n) is 6.92. The lowest BCUT2D eigenvalue weighted by molar-refractivity contribution is 0.210. The summed E-state index contributed by atoms with van der Waals surface area (Å²) in [6, 6.07) is 0.711. The van der Waals surface area contributed by atoms with E-state index in [0.717, 1.165) is 38.0 Å². The fraction of sp³-hybridized carbons (Fsp3) is 0.875. The molecule has 2 aliphatic heterocycles. The molecule has 2 amide bonds. The molecule has 4 nitrogen and oxygen atoms in total.